The van der Waals surface area contributed by atoms with Gasteiger partial charge in [0.05, 0.1) is 6.42 Å². The minimum atomic E-state index is -1.18. The van der Waals surface area contributed by atoms with Crippen molar-refractivity contribution in [1.29, 1.82) is 0 Å². The van der Waals surface area contributed by atoms with Gasteiger partial charge in [0.15, 0.2) is 0 Å². The molecule has 0 aliphatic heterocycles. The van der Waals surface area contributed by atoms with E-state index >= 15 is 0 Å². The van der Waals surface area contributed by atoms with Gasteiger partial charge in [0.25, 0.3) is 0 Å². The number of esters is 2. The summed E-state index contributed by atoms with van der Waals surface area (Å²) in [6.07, 6.45) is 34.0. The van der Waals surface area contributed by atoms with Crippen LogP contribution in [0.2, 0.25) is 0 Å². The number of rotatable bonds is 9. The molecule has 0 amide bonds. The highest BCUT2D eigenvalue weighted by Gasteiger charge is 2.64. The van der Waals surface area contributed by atoms with Crippen molar-refractivity contribution in [2.24, 2.45) is 57.5 Å². The van der Waals surface area contributed by atoms with Crippen LogP contribution in [0.5, 0.6) is 17.2 Å². The van der Waals surface area contributed by atoms with Crippen LogP contribution in [-0.2, 0) is 38.4 Å². The number of halogens is 1. The molecule has 9 aliphatic rings. The minimum absolute atomic E-state index is 0. The molecule has 14 heteroatoms. The maximum atomic E-state index is 12.4. The number of aliphatic hydroxyl groups is 3. The Kier molecular flexibility index (Phi) is 17.9. The number of nitrogens with one attached hydrogen (secondary N) is 1. The van der Waals surface area contributed by atoms with E-state index < -0.39 is 53.2 Å². The molecule has 13 nitrogen and oxygen atoms in total. The number of carbonyl (C=O) groups excluding carboxylic acids is 3. The van der Waals surface area contributed by atoms with Crippen LogP contribution >= 0.6 is 12.4 Å². The molecule has 9 aliphatic carbocycles. The fraction of sp³-hybridized carbons (Fsp3) is 0.600. The number of hydrogen-bond acceptors (Lipinski definition) is 12. The van der Waals surface area contributed by atoms with Gasteiger partial charge in [-0.25, -0.2) is 9.59 Å². The number of aromatic hydroxyl groups is 1. The quantitative estimate of drug-likeness (QED) is 0.0602. The summed E-state index contributed by atoms with van der Waals surface area (Å²) in [4.78, 5) is 46.6. The van der Waals surface area contributed by atoms with Gasteiger partial charge in [0.1, 0.15) is 51.9 Å². The molecular weight excluding hydrogens is 1080 g/mol. The molecule has 0 heterocycles. The first-order valence-electron chi connectivity index (χ1n) is 30.6. The molecule has 450 valence electrons. The van der Waals surface area contributed by atoms with Crippen LogP contribution < -0.4 is 20.5 Å². The number of terminal acetylenes is 3. The van der Waals surface area contributed by atoms with Crippen LogP contribution in [0.25, 0.3) is 0 Å². The van der Waals surface area contributed by atoms with Gasteiger partial charge >= 0.3 is 17.9 Å². The summed E-state index contributed by atoms with van der Waals surface area (Å²) in [7, 11) is 1.66. The van der Waals surface area contributed by atoms with E-state index in [4.69, 9.17) is 39.6 Å². The number of ketones is 1. The number of carbonyl (C=O) groups is 4. The molecule has 0 aromatic heterocycles. The molecule has 84 heavy (non-hydrogen) atoms. The second-order valence-corrected chi connectivity index (χ2v) is 27.1. The van der Waals surface area contributed by atoms with E-state index in [1.807, 2.05) is 36.4 Å². The number of aryl methyl sites for hydroxylation is 3. The number of Topliss-reactive ketones (excluding diaryl/α,β-unsaturated/α-hetero) is 1. The SMILES string of the molecule is C#C[C@]1(O)CCC2C3CCc4cc(O)ccc4C3CC[C@@]21C.C#C[C@]1(O)CCC2C3CCc4cc(OC(=O)[C@@H](CC(C)=O)NC)ccc4C3CC[C@@]21C.C#C[C@]1(O)CCC2C3CCc4cc(OC(=O)[C@H](N)CC(=O)O)ccc4C3CC[C@@]21C.Cl. The highest BCUT2D eigenvalue weighted by atomic mass is 35.5. The molecule has 3 aromatic carbocycles. The summed E-state index contributed by atoms with van der Waals surface area (Å²) in [5.41, 5.74) is 9.93. The lowest BCUT2D eigenvalue weighted by molar-refractivity contribution is -0.143. The van der Waals surface area contributed by atoms with E-state index in [2.05, 4.69) is 56.0 Å². The van der Waals surface area contributed by atoms with Crippen molar-refractivity contribution in [1.82, 2.24) is 5.32 Å². The van der Waals surface area contributed by atoms with E-state index in [-0.39, 0.29) is 40.9 Å². The number of ether oxygens (including phenoxy) is 2. The lowest BCUT2D eigenvalue weighted by Crippen LogP contribution is -2.50. The van der Waals surface area contributed by atoms with Crippen molar-refractivity contribution in [3.05, 3.63) is 88.0 Å². The molecule has 8 N–H and O–H groups in total. The highest BCUT2D eigenvalue weighted by molar-refractivity contribution is 5.86. The van der Waals surface area contributed by atoms with Gasteiger partial charge < -0.3 is 46.1 Å². The maximum Gasteiger partial charge on any atom is 0.328 e. The molecule has 9 unspecified atom stereocenters. The van der Waals surface area contributed by atoms with Crippen LogP contribution in [0.4, 0.5) is 0 Å². The number of phenols is 1. The maximum absolute atomic E-state index is 12.4. The second-order valence-electron chi connectivity index (χ2n) is 27.1. The molecule has 0 bridgehead atoms. The van der Waals surface area contributed by atoms with Gasteiger partial charge in [-0.05, 0) is 253 Å². The van der Waals surface area contributed by atoms with Gasteiger partial charge in [-0.2, -0.15) is 0 Å². The van der Waals surface area contributed by atoms with Crippen LogP contribution in [0.3, 0.4) is 0 Å². The zero-order valence-electron chi connectivity index (χ0n) is 49.6. The van der Waals surface area contributed by atoms with E-state index in [9.17, 15) is 39.6 Å². The monoisotopic (exact) mass is 1170 g/mol. The fourth-order valence-corrected chi connectivity index (χ4v) is 18.8. The van der Waals surface area contributed by atoms with Crippen LogP contribution in [-0.4, -0.2) is 85.2 Å². The lowest BCUT2D eigenvalue weighted by Gasteiger charge is -2.52. The van der Waals surface area contributed by atoms with Gasteiger partial charge in [0, 0.05) is 22.7 Å². The van der Waals surface area contributed by atoms with E-state index in [0.717, 1.165) is 103 Å². The molecule has 12 rings (SSSR count). The summed E-state index contributed by atoms with van der Waals surface area (Å²) >= 11 is 0. The van der Waals surface area contributed by atoms with E-state index in [1.54, 1.807) is 13.1 Å². The average Bonchev–Trinajstić information content (AvgIpc) is 1.53. The summed E-state index contributed by atoms with van der Waals surface area (Å²) in [5, 5.41) is 54.4. The molecule has 0 saturated heterocycles. The smallest absolute Gasteiger partial charge is 0.328 e. The van der Waals surface area contributed by atoms with Crippen molar-refractivity contribution < 1.29 is 54.2 Å². The third-order valence-electron chi connectivity index (χ3n) is 23.5. The third-order valence-corrected chi connectivity index (χ3v) is 23.5. The Balaban J connectivity index is 0.000000152. The first-order chi connectivity index (χ1) is 39.4. The number of benzene rings is 3. The normalized spacial score (nSPS) is 36.6. The van der Waals surface area contributed by atoms with Gasteiger partial charge in [-0.1, -0.05) is 56.7 Å². The fourth-order valence-electron chi connectivity index (χ4n) is 18.8. The number of fused-ring (bicyclic) bond motifs is 15. The summed E-state index contributed by atoms with van der Waals surface area (Å²) in [6.45, 7) is 8.04. The predicted molar refractivity (Wildman–Crippen MR) is 323 cm³/mol. The number of carboxylic acid groups (broad SMARTS) is 1. The highest BCUT2D eigenvalue weighted by Crippen LogP contribution is 2.67. The van der Waals surface area contributed by atoms with Gasteiger partial charge in [-0.3, -0.25) is 9.59 Å². The predicted octanol–water partition coefficient (Wildman–Crippen LogP) is 10.0. The molecule has 0 radical (unpaired) electrons. The van der Waals surface area contributed by atoms with Crippen LogP contribution in [0, 0.1) is 88.8 Å². The Labute approximate surface area is 502 Å². The molecular formula is C70H87ClN2O11. The zero-order chi connectivity index (χ0) is 59.6. The average molecular weight is 1170 g/mol. The standard InChI is InChI=1S/C26H33NO4.C24H29NO5.C20H24O2.ClH/c1-5-26(30)13-11-22-21-8-6-17-15-18(31-24(29)23(27-4)14-16(2)28)7-9-19(17)20(21)10-12-25(22,26)3;1-3-24(29)11-9-19-18-6-4-14-12-15(30-22(28)20(25)13-21(26)27)5-7-16(14)17(18)8-10-23(19,24)2;1-3-20(22)11-9-18-17-6-4-13-12-14(21)5-7-15(13)16(17)8-10-19(18,20)2;/h1,7,9,15,20-23,27,30H,6,8,10-14H2,2-4H3;1,5,7,12,17-20,29H,4,6,8-11,13,25H2,2H3,(H,26,27);1,5,7,12,16-18,21-22H,4,6,8-11H2,2H3;1H/t20?,21?,22?,23-,25+,26+;17?,18?,19?,20-,23+,24+;16?,17?,18?,19-,20-;/m110./s1. The largest absolute Gasteiger partial charge is 0.508 e. The van der Waals surface area contributed by atoms with E-state index in [1.165, 1.54) is 40.3 Å². The third kappa shape index (κ3) is 10.8. The van der Waals surface area contributed by atoms with Crippen LogP contribution in [0.1, 0.15) is 188 Å². The molecule has 17 atom stereocenters. The lowest BCUT2D eigenvalue weighted by atomic mass is 9.53. The molecule has 6 saturated carbocycles. The van der Waals surface area contributed by atoms with Crippen molar-refractivity contribution in [3.63, 3.8) is 0 Å². The van der Waals surface area contributed by atoms with Crippen molar-refractivity contribution in [3.8, 4) is 54.3 Å². The Morgan fingerprint density at radius 1 is 0.583 bits per heavy atom. The number of aliphatic carboxylic acids is 1. The summed E-state index contributed by atoms with van der Waals surface area (Å²) in [6, 6.07) is 15.7. The summed E-state index contributed by atoms with van der Waals surface area (Å²) in [5.74, 6) is 11.6. The van der Waals surface area contributed by atoms with Crippen LogP contribution in [0.15, 0.2) is 54.6 Å². The van der Waals surface area contributed by atoms with Crippen molar-refractivity contribution >= 4 is 36.1 Å². The summed E-state index contributed by atoms with van der Waals surface area (Å²) < 4.78 is 10.9. The molecule has 0 spiro atoms. The number of likely N-dealkylation sites (N-methyl/N-ethyl adjacent to an activating group) is 1. The van der Waals surface area contributed by atoms with E-state index in [0.29, 0.717) is 83.4 Å². The molecule has 3 aromatic rings. The molecule has 6 fully saturated rings. The first kappa shape index (κ1) is 62.8. The number of nitrogens with two attached hydrogens (primary N) is 1. The first-order valence-corrected chi connectivity index (χ1v) is 30.6. The number of phenolic OH excluding ortho intramolecular Hbond substituents is 1. The van der Waals surface area contributed by atoms with Gasteiger partial charge in [-0.15, -0.1) is 31.7 Å². The van der Waals surface area contributed by atoms with Crippen molar-refractivity contribution in [2.45, 2.75) is 203 Å². The second kappa shape index (κ2) is 23.9. The number of hydrogen-bond donors (Lipinski definition) is 7. The Bertz CT molecular complexity index is 3180. The Morgan fingerprint density at radius 2 is 0.952 bits per heavy atom. The minimum Gasteiger partial charge on any atom is -0.508 e. The Morgan fingerprint density at radius 3 is 1.31 bits per heavy atom. The van der Waals surface area contributed by atoms with Gasteiger partial charge in [0.2, 0.25) is 0 Å². The van der Waals surface area contributed by atoms with Crippen molar-refractivity contribution in [2.75, 3.05) is 7.05 Å². The topological polar surface area (TPSA) is 226 Å². The number of carboxylic acids is 1. The zero-order valence-corrected chi connectivity index (χ0v) is 50.4. The Hall–Kier alpha value is -5.69.